The fourth-order valence-electron chi connectivity index (χ4n) is 2.95. The van der Waals surface area contributed by atoms with Gasteiger partial charge in [0.2, 0.25) is 5.91 Å². The van der Waals surface area contributed by atoms with Crippen molar-refractivity contribution in [3.63, 3.8) is 0 Å². The normalized spacial score (nSPS) is 24.8. The molecule has 2 fully saturated rings. The van der Waals surface area contributed by atoms with Crippen molar-refractivity contribution in [1.82, 2.24) is 15.5 Å². The maximum atomic E-state index is 11.9. The van der Waals surface area contributed by atoms with E-state index in [1.165, 1.54) is 25.7 Å². The van der Waals surface area contributed by atoms with Crippen LogP contribution in [0.4, 0.5) is 0 Å². The number of hydrogen-bond acceptors (Lipinski definition) is 3. The predicted molar refractivity (Wildman–Crippen MR) is 68.9 cm³/mol. The third-order valence-corrected chi connectivity index (χ3v) is 4.07. The van der Waals surface area contributed by atoms with Crippen LogP contribution in [0, 0.1) is 5.92 Å². The van der Waals surface area contributed by atoms with Gasteiger partial charge in [0.15, 0.2) is 0 Å². The van der Waals surface area contributed by atoms with Gasteiger partial charge in [0.05, 0.1) is 6.54 Å². The molecule has 2 rings (SSSR count). The molecule has 1 atom stereocenters. The molecule has 4 nitrogen and oxygen atoms in total. The van der Waals surface area contributed by atoms with Crippen molar-refractivity contribution >= 4 is 5.91 Å². The van der Waals surface area contributed by atoms with Crippen LogP contribution in [-0.2, 0) is 4.79 Å². The van der Waals surface area contributed by atoms with Crippen molar-refractivity contribution < 1.29 is 4.79 Å². The number of amides is 1. The predicted octanol–water partition coefficient (Wildman–Crippen LogP) is 0.587. The number of carbonyl (C=O) groups excluding carboxylic acids is 1. The average molecular weight is 239 g/mol. The van der Waals surface area contributed by atoms with Crippen LogP contribution in [0.5, 0.6) is 0 Å². The molecule has 1 saturated carbocycles. The fourth-order valence-corrected chi connectivity index (χ4v) is 2.95. The number of nitrogens with one attached hydrogen (secondary N) is 2. The first-order chi connectivity index (χ1) is 8.25. The third kappa shape index (κ3) is 3.96. The molecule has 1 aliphatic heterocycles. The second kappa shape index (κ2) is 6.36. The third-order valence-electron chi connectivity index (χ3n) is 4.07. The molecule has 1 saturated heterocycles. The van der Waals surface area contributed by atoms with E-state index in [0.717, 1.165) is 26.2 Å². The molecule has 1 aliphatic carbocycles. The van der Waals surface area contributed by atoms with Crippen LogP contribution in [0.15, 0.2) is 0 Å². The van der Waals surface area contributed by atoms with Gasteiger partial charge >= 0.3 is 0 Å². The van der Waals surface area contributed by atoms with E-state index in [-0.39, 0.29) is 5.91 Å². The Kier molecular flexibility index (Phi) is 4.80. The molecule has 0 unspecified atom stereocenters. The van der Waals surface area contributed by atoms with Crippen molar-refractivity contribution in [2.45, 2.75) is 38.6 Å². The van der Waals surface area contributed by atoms with E-state index < -0.39 is 0 Å². The molecule has 0 aromatic rings. The number of carbonyl (C=O) groups is 1. The van der Waals surface area contributed by atoms with Gasteiger partial charge < -0.3 is 10.6 Å². The lowest BCUT2D eigenvalue weighted by Crippen LogP contribution is -2.49. The van der Waals surface area contributed by atoms with E-state index in [4.69, 9.17) is 0 Å². The average Bonchev–Trinajstić information content (AvgIpc) is 2.83. The summed E-state index contributed by atoms with van der Waals surface area (Å²) in [6.45, 7) is 6.72. The van der Waals surface area contributed by atoms with E-state index in [0.29, 0.717) is 18.5 Å². The van der Waals surface area contributed by atoms with Crippen LogP contribution < -0.4 is 10.6 Å². The second-order valence-corrected chi connectivity index (χ2v) is 5.43. The van der Waals surface area contributed by atoms with Crippen LogP contribution in [-0.4, -0.2) is 49.6 Å². The monoisotopic (exact) mass is 239 g/mol. The Labute approximate surface area is 104 Å². The topological polar surface area (TPSA) is 44.4 Å². The maximum Gasteiger partial charge on any atom is 0.234 e. The molecule has 17 heavy (non-hydrogen) atoms. The summed E-state index contributed by atoms with van der Waals surface area (Å²) < 4.78 is 0. The smallest absolute Gasteiger partial charge is 0.234 e. The zero-order valence-corrected chi connectivity index (χ0v) is 10.9. The zero-order valence-electron chi connectivity index (χ0n) is 10.9. The molecular formula is C13H25N3O. The number of piperazine rings is 1. The summed E-state index contributed by atoms with van der Waals surface area (Å²) in [6, 6.07) is 0.355. The molecule has 0 bridgehead atoms. The first kappa shape index (κ1) is 12.8. The van der Waals surface area contributed by atoms with E-state index in [1.54, 1.807) is 0 Å². The van der Waals surface area contributed by atoms with Crippen LogP contribution in [0.25, 0.3) is 0 Å². The Hall–Kier alpha value is -0.610. The quantitative estimate of drug-likeness (QED) is 0.754. The Morgan fingerprint density at radius 3 is 2.65 bits per heavy atom. The zero-order chi connectivity index (χ0) is 12.1. The minimum atomic E-state index is 0.200. The van der Waals surface area contributed by atoms with Gasteiger partial charge in [-0.15, -0.1) is 0 Å². The van der Waals surface area contributed by atoms with E-state index in [1.807, 2.05) is 0 Å². The highest BCUT2D eigenvalue weighted by Gasteiger charge is 2.23. The summed E-state index contributed by atoms with van der Waals surface area (Å²) in [6.07, 6.45) is 5.25. The molecule has 98 valence electrons. The standard InChI is InChI=1S/C13H25N3O/c1-11(12-4-2-3-5-12)15-13(17)10-16-8-6-14-7-9-16/h11-12,14H,2-10H2,1H3,(H,15,17)/t11-/m1/s1. The van der Waals surface area contributed by atoms with Crippen LogP contribution in [0.3, 0.4) is 0 Å². The van der Waals surface area contributed by atoms with E-state index in [9.17, 15) is 4.79 Å². The molecule has 2 N–H and O–H groups in total. The van der Waals surface area contributed by atoms with Gasteiger partial charge in [-0.2, -0.15) is 0 Å². The van der Waals surface area contributed by atoms with E-state index in [2.05, 4.69) is 22.5 Å². The molecule has 0 spiro atoms. The summed E-state index contributed by atoms with van der Waals surface area (Å²) in [5, 5.41) is 6.47. The highest BCUT2D eigenvalue weighted by atomic mass is 16.2. The number of hydrogen-bond donors (Lipinski definition) is 2. The largest absolute Gasteiger partial charge is 0.352 e. The lowest BCUT2D eigenvalue weighted by molar-refractivity contribution is -0.123. The van der Waals surface area contributed by atoms with Crippen molar-refractivity contribution in [3.8, 4) is 0 Å². The summed E-state index contributed by atoms with van der Waals surface area (Å²) in [5.74, 6) is 0.910. The van der Waals surface area contributed by atoms with Crippen molar-refractivity contribution in [2.24, 2.45) is 5.92 Å². The van der Waals surface area contributed by atoms with Gasteiger partial charge in [0.1, 0.15) is 0 Å². The number of nitrogens with zero attached hydrogens (tertiary/aromatic N) is 1. The molecule has 0 aromatic carbocycles. The Morgan fingerprint density at radius 2 is 2.00 bits per heavy atom. The van der Waals surface area contributed by atoms with Gasteiger partial charge in [-0.1, -0.05) is 12.8 Å². The van der Waals surface area contributed by atoms with Gasteiger partial charge in [0, 0.05) is 32.2 Å². The lowest BCUT2D eigenvalue weighted by Gasteiger charge is -2.28. The maximum absolute atomic E-state index is 11.9. The van der Waals surface area contributed by atoms with Gasteiger partial charge in [0.25, 0.3) is 0 Å². The van der Waals surface area contributed by atoms with Gasteiger partial charge in [-0.3, -0.25) is 9.69 Å². The van der Waals surface area contributed by atoms with Gasteiger partial charge in [-0.05, 0) is 25.7 Å². The minimum absolute atomic E-state index is 0.200. The Bertz CT molecular complexity index is 245. The molecule has 0 radical (unpaired) electrons. The van der Waals surface area contributed by atoms with E-state index >= 15 is 0 Å². The molecule has 2 aliphatic rings. The van der Waals surface area contributed by atoms with Gasteiger partial charge in [-0.25, -0.2) is 0 Å². The van der Waals surface area contributed by atoms with Crippen molar-refractivity contribution in [2.75, 3.05) is 32.7 Å². The summed E-state index contributed by atoms with van der Waals surface area (Å²) in [4.78, 5) is 14.1. The molecule has 1 heterocycles. The van der Waals surface area contributed by atoms with Crippen LogP contribution in [0.2, 0.25) is 0 Å². The summed E-state index contributed by atoms with van der Waals surface area (Å²) in [7, 11) is 0. The van der Waals surface area contributed by atoms with Crippen LogP contribution >= 0.6 is 0 Å². The van der Waals surface area contributed by atoms with Crippen LogP contribution in [0.1, 0.15) is 32.6 Å². The molecular weight excluding hydrogens is 214 g/mol. The molecule has 1 amide bonds. The fraction of sp³-hybridized carbons (Fsp3) is 0.923. The molecule has 0 aromatic heterocycles. The first-order valence-electron chi connectivity index (χ1n) is 6.98. The first-order valence-corrected chi connectivity index (χ1v) is 6.98. The summed E-state index contributed by atoms with van der Waals surface area (Å²) >= 11 is 0. The SMILES string of the molecule is C[C@@H](NC(=O)CN1CCNCC1)C1CCCC1. The van der Waals surface area contributed by atoms with Crippen molar-refractivity contribution in [3.05, 3.63) is 0 Å². The Balaban J connectivity index is 1.68. The molecule has 4 heteroatoms. The highest BCUT2D eigenvalue weighted by molar-refractivity contribution is 5.78. The number of rotatable bonds is 4. The Morgan fingerprint density at radius 1 is 1.35 bits per heavy atom. The summed E-state index contributed by atoms with van der Waals surface area (Å²) in [5.41, 5.74) is 0. The minimum Gasteiger partial charge on any atom is -0.352 e. The highest BCUT2D eigenvalue weighted by Crippen LogP contribution is 2.27. The lowest BCUT2D eigenvalue weighted by atomic mass is 10.00. The van der Waals surface area contributed by atoms with Crippen molar-refractivity contribution in [1.29, 1.82) is 0 Å². The second-order valence-electron chi connectivity index (χ2n) is 5.43.